The van der Waals surface area contributed by atoms with Crippen LogP contribution in [0.15, 0.2) is 30.5 Å². The van der Waals surface area contributed by atoms with Gasteiger partial charge in [0.15, 0.2) is 5.69 Å². The Morgan fingerprint density at radius 3 is 2.73 bits per heavy atom. The van der Waals surface area contributed by atoms with E-state index in [1.165, 1.54) is 15.8 Å². The molecule has 8 heteroatoms. The summed E-state index contributed by atoms with van der Waals surface area (Å²) < 4.78 is 1.44. The van der Waals surface area contributed by atoms with E-state index in [2.05, 4.69) is 10.3 Å². The van der Waals surface area contributed by atoms with Crippen molar-refractivity contribution in [2.24, 2.45) is 5.92 Å². The van der Waals surface area contributed by atoms with E-state index in [1.807, 2.05) is 6.07 Å². The highest BCUT2D eigenvalue weighted by Crippen LogP contribution is 2.40. The van der Waals surface area contributed by atoms with Gasteiger partial charge in [0.25, 0.3) is 5.91 Å². The number of hydrogen-bond donors (Lipinski definition) is 1. The predicted molar refractivity (Wildman–Crippen MR) is 94.3 cm³/mol. The highest BCUT2D eigenvalue weighted by Gasteiger charge is 2.48. The lowest BCUT2D eigenvalue weighted by molar-refractivity contribution is -0.141. The van der Waals surface area contributed by atoms with Gasteiger partial charge in [0.2, 0.25) is 0 Å². The summed E-state index contributed by atoms with van der Waals surface area (Å²) in [6.45, 7) is 0. The zero-order chi connectivity index (χ0) is 18.3. The molecule has 26 heavy (non-hydrogen) atoms. The Kier molecular flexibility index (Phi) is 4.40. The van der Waals surface area contributed by atoms with Crippen LogP contribution in [0.3, 0.4) is 0 Å². The maximum atomic E-state index is 13.1. The monoisotopic (exact) mass is 374 g/mol. The second kappa shape index (κ2) is 6.72. The van der Waals surface area contributed by atoms with Crippen molar-refractivity contribution in [3.63, 3.8) is 0 Å². The van der Waals surface area contributed by atoms with E-state index in [4.69, 9.17) is 11.6 Å². The van der Waals surface area contributed by atoms with Crippen LogP contribution in [0.2, 0.25) is 5.02 Å². The molecule has 1 aliphatic carbocycles. The first-order chi connectivity index (χ1) is 12.6. The number of carbonyl (C=O) groups excluding carboxylic acids is 1. The van der Waals surface area contributed by atoms with E-state index < -0.39 is 12.0 Å². The van der Waals surface area contributed by atoms with Gasteiger partial charge in [-0.1, -0.05) is 41.8 Å². The molecule has 0 spiro atoms. The van der Waals surface area contributed by atoms with Gasteiger partial charge in [0.1, 0.15) is 6.04 Å². The summed E-state index contributed by atoms with van der Waals surface area (Å²) in [4.78, 5) is 26.3. The van der Waals surface area contributed by atoms with Crippen molar-refractivity contribution in [3.05, 3.63) is 41.2 Å². The molecule has 3 atom stereocenters. The lowest BCUT2D eigenvalue weighted by Gasteiger charge is -2.32. The van der Waals surface area contributed by atoms with Gasteiger partial charge in [-0.2, -0.15) is 0 Å². The second-order valence-corrected chi connectivity index (χ2v) is 7.32. The molecule has 2 heterocycles. The third-order valence-electron chi connectivity index (χ3n) is 5.42. The molecule has 1 aromatic heterocycles. The summed E-state index contributed by atoms with van der Waals surface area (Å²) in [6, 6.07) is 6.31. The summed E-state index contributed by atoms with van der Waals surface area (Å²) in [6.07, 6.45) is 5.97. The molecule has 2 aromatic rings. The molecule has 1 N–H and O–H groups in total. The minimum Gasteiger partial charge on any atom is -0.480 e. The fraction of sp³-hybridized carbons (Fsp3) is 0.444. The molecule has 136 valence electrons. The molecule has 2 aliphatic rings. The number of para-hydroxylation sites is 1. The van der Waals surface area contributed by atoms with Crippen LogP contribution in [0.25, 0.3) is 5.69 Å². The maximum absolute atomic E-state index is 13.1. The Bertz CT molecular complexity index is 852. The SMILES string of the molecule is O=C(O)C1CC2CCCCC2N1C(=O)c1cn(-c2ccccc2Cl)nn1. The number of aliphatic carboxylic acids is 1. The number of amides is 1. The summed E-state index contributed by atoms with van der Waals surface area (Å²) >= 11 is 6.17. The standard InChI is InChI=1S/C18H19ClN4O3/c19-12-6-2-4-8-15(12)22-10-13(20-21-22)17(24)23-14-7-3-1-5-11(14)9-16(23)18(25)26/h2,4,6,8,10-11,14,16H,1,3,5,7,9H2,(H,25,26). The van der Waals surface area contributed by atoms with Crippen molar-refractivity contribution in [1.82, 2.24) is 19.9 Å². The van der Waals surface area contributed by atoms with Crippen molar-refractivity contribution < 1.29 is 14.7 Å². The van der Waals surface area contributed by atoms with E-state index in [0.717, 1.165) is 25.7 Å². The molecular weight excluding hydrogens is 356 g/mol. The van der Waals surface area contributed by atoms with Gasteiger partial charge in [-0.05, 0) is 37.3 Å². The number of hydrogen-bond acceptors (Lipinski definition) is 4. The topological polar surface area (TPSA) is 88.3 Å². The number of nitrogens with zero attached hydrogens (tertiary/aromatic N) is 4. The first kappa shape index (κ1) is 17.0. The molecule has 1 aromatic carbocycles. The van der Waals surface area contributed by atoms with E-state index >= 15 is 0 Å². The van der Waals surface area contributed by atoms with E-state index in [0.29, 0.717) is 17.1 Å². The van der Waals surface area contributed by atoms with Crippen molar-refractivity contribution in [2.75, 3.05) is 0 Å². The van der Waals surface area contributed by atoms with Crippen molar-refractivity contribution in [3.8, 4) is 5.69 Å². The first-order valence-electron chi connectivity index (χ1n) is 8.79. The highest BCUT2D eigenvalue weighted by molar-refractivity contribution is 6.32. The summed E-state index contributed by atoms with van der Waals surface area (Å²) in [7, 11) is 0. The molecule has 3 unspecified atom stereocenters. The fourth-order valence-electron chi connectivity index (χ4n) is 4.22. The normalized spacial score (nSPS) is 25.1. The van der Waals surface area contributed by atoms with Crippen LogP contribution < -0.4 is 0 Å². The van der Waals surface area contributed by atoms with Crippen molar-refractivity contribution in [2.45, 2.75) is 44.2 Å². The summed E-state index contributed by atoms with van der Waals surface area (Å²) in [5, 5.41) is 18.1. The van der Waals surface area contributed by atoms with Crippen LogP contribution in [0, 0.1) is 5.92 Å². The molecular formula is C18H19ClN4O3. The quantitative estimate of drug-likeness (QED) is 0.892. The molecule has 1 amide bonds. The number of carboxylic acid groups (broad SMARTS) is 1. The fourth-order valence-corrected chi connectivity index (χ4v) is 4.44. The molecule has 0 bridgehead atoms. The van der Waals surface area contributed by atoms with E-state index in [1.54, 1.807) is 18.2 Å². The van der Waals surface area contributed by atoms with Crippen molar-refractivity contribution >= 4 is 23.5 Å². The van der Waals surface area contributed by atoms with E-state index in [-0.39, 0.29) is 23.6 Å². The minimum absolute atomic E-state index is 0.0252. The molecule has 2 fully saturated rings. The lowest BCUT2D eigenvalue weighted by atomic mass is 9.84. The van der Waals surface area contributed by atoms with Gasteiger partial charge < -0.3 is 10.0 Å². The molecule has 0 radical (unpaired) electrons. The molecule has 1 saturated carbocycles. The predicted octanol–water partition coefficient (Wildman–Crippen LogP) is 2.78. The van der Waals surface area contributed by atoms with Crippen LogP contribution in [0.1, 0.15) is 42.6 Å². The first-order valence-corrected chi connectivity index (χ1v) is 9.17. The number of rotatable bonds is 3. The molecule has 7 nitrogen and oxygen atoms in total. The Hall–Kier alpha value is -2.41. The number of benzene rings is 1. The van der Waals surface area contributed by atoms with Gasteiger partial charge in [0, 0.05) is 6.04 Å². The largest absolute Gasteiger partial charge is 0.480 e. The Morgan fingerprint density at radius 2 is 1.96 bits per heavy atom. The third-order valence-corrected chi connectivity index (χ3v) is 5.74. The minimum atomic E-state index is -0.953. The van der Waals surface area contributed by atoms with Crippen LogP contribution >= 0.6 is 11.6 Å². The molecule has 1 saturated heterocycles. The molecule has 1 aliphatic heterocycles. The smallest absolute Gasteiger partial charge is 0.326 e. The summed E-state index contributed by atoms with van der Waals surface area (Å²) in [5.74, 6) is -1.07. The summed E-state index contributed by atoms with van der Waals surface area (Å²) in [5.41, 5.74) is 0.759. The van der Waals surface area contributed by atoms with Crippen LogP contribution in [-0.4, -0.2) is 49.0 Å². The van der Waals surface area contributed by atoms with Gasteiger partial charge in [-0.25, -0.2) is 9.48 Å². The molecule has 4 rings (SSSR count). The average molecular weight is 375 g/mol. The number of carboxylic acids is 1. The Labute approximate surface area is 155 Å². The zero-order valence-corrected chi connectivity index (χ0v) is 14.8. The van der Waals surface area contributed by atoms with Crippen LogP contribution in [0.4, 0.5) is 0 Å². The van der Waals surface area contributed by atoms with Crippen LogP contribution in [-0.2, 0) is 4.79 Å². The van der Waals surface area contributed by atoms with Gasteiger partial charge >= 0.3 is 5.97 Å². The maximum Gasteiger partial charge on any atom is 0.326 e. The Morgan fingerprint density at radius 1 is 1.19 bits per heavy atom. The van der Waals surface area contributed by atoms with Crippen molar-refractivity contribution in [1.29, 1.82) is 0 Å². The van der Waals surface area contributed by atoms with Crippen LogP contribution in [0.5, 0.6) is 0 Å². The number of fused-ring (bicyclic) bond motifs is 1. The Balaban J connectivity index is 1.64. The number of halogens is 1. The van der Waals surface area contributed by atoms with Gasteiger partial charge in [-0.3, -0.25) is 4.79 Å². The average Bonchev–Trinajstić information content (AvgIpc) is 3.26. The highest BCUT2D eigenvalue weighted by atomic mass is 35.5. The van der Waals surface area contributed by atoms with Gasteiger partial charge in [-0.15, -0.1) is 5.10 Å². The number of likely N-dealkylation sites (tertiary alicyclic amines) is 1. The second-order valence-electron chi connectivity index (χ2n) is 6.91. The lowest BCUT2D eigenvalue weighted by Crippen LogP contribution is -2.46. The number of aromatic nitrogens is 3. The van der Waals surface area contributed by atoms with E-state index in [9.17, 15) is 14.7 Å². The van der Waals surface area contributed by atoms with Gasteiger partial charge in [0.05, 0.1) is 16.9 Å². The third kappa shape index (κ3) is 2.86. The number of carbonyl (C=O) groups is 2. The zero-order valence-electron chi connectivity index (χ0n) is 14.1.